The normalized spacial score (nSPS) is 10.3. The molecule has 0 saturated heterocycles. The van der Waals surface area contributed by atoms with E-state index in [4.69, 9.17) is 16.3 Å². The standard InChI is InChI=1S/C20H19ClN4O2/c1-3-27-20(26)14-7-4-5-9-17(14)25-19-11-18(22-12-23-19)24-16-10-6-8-15(21)13(16)2/h4-12H,3H2,1-2H3,(H2,22,23,24,25). The van der Waals surface area contributed by atoms with Gasteiger partial charge in [0.25, 0.3) is 0 Å². The van der Waals surface area contributed by atoms with Crippen molar-refractivity contribution >= 4 is 40.6 Å². The molecule has 2 N–H and O–H groups in total. The molecular weight excluding hydrogens is 364 g/mol. The molecule has 0 unspecified atom stereocenters. The van der Waals surface area contributed by atoms with Crippen molar-refractivity contribution in [2.45, 2.75) is 13.8 Å². The summed E-state index contributed by atoms with van der Waals surface area (Å²) in [5, 5.41) is 7.05. The zero-order valence-electron chi connectivity index (χ0n) is 15.0. The average Bonchev–Trinajstić information content (AvgIpc) is 2.66. The van der Waals surface area contributed by atoms with Gasteiger partial charge in [0.2, 0.25) is 0 Å². The topological polar surface area (TPSA) is 76.1 Å². The lowest BCUT2D eigenvalue weighted by Gasteiger charge is -2.13. The highest BCUT2D eigenvalue weighted by atomic mass is 35.5. The summed E-state index contributed by atoms with van der Waals surface area (Å²) >= 11 is 6.16. The molecule has 0 aliphatic rings. The van der Waals surface area contributed by atoms with E-state index < -0.39 is 0 Å². The number of nitrogens with one attached hydrogen (secondary N) is 2. The molecule has 7 heteroatoms. The van der Waals surface area contributed by atoms with Crippen molar-refractivity contribution < 1.29 is 9.53 Å². The van der Waals surface area contributed by atoms with Crippen molar-refractivity contribution in [2.75, 3.05) is 17.2 Å². The van der Waals surface area contributed by atoms with E-state index in [0.29, 0.717) is 34.5 Å². The van der Waals surface area contributed by atoms with Gasteiger partial charge >= 0.3 is 5.97 Å². The second-order valence-corrected chi connectivity index (χ2v) is 6.12. The third kappa shape index (κ3) is 4.54. The minimum atomic E-state index is -0.387. The summed E-state index contributed by atoms with van der Waals surface area (Å²) in [7, 11) is 0. The Hall–Kier alpha value is -3.12. The van der Waals surface area contributed by atoms with Crippen LogP contribution >= 0.6 is 11.6 Å². The maximum Gasteiger partial charge on any atom is 0.340 e. The Morgan fingerprint density at radius 3 is 2.44 bits per heavy atom. The molecule has 0 spiro atoms. The number of para-hydroxylation sites is 1. The van der Waals surface area contributed by atoms with Gasteiger partial charge in [-0.3, -0.25) is 0 Å². The van der Waals surface area contributed by atoms with Crippen LogP contribution in [0.25, 0.3) is 0 Å². The second kappa shape index (κ2) is 8.51. The quantitative estimate of drug-likeness (QED) is 0.577. The molecule has 3 rings (SSSR count). The number of esters is 1. The molecule has 0 bridgehead atoms. The van der Waals surface area contributed by atoms with Crippen LogP contribution in [0.4, 0.5) is 23.0 Å². The van der Waals surface area contributed by atoms with E-state index in [9.17, 15) is 4.79 Å². The van der Waals surface area contributed by atoms with E-state index >= 15 is 0 Å². The van der Waals surface area contributed by atoms with Crippen molar-refractivity contribution in [1.82, 2.24) is 9.97 Å². The predicted molar refractivity (Wildman–Crippen MR) is 107 cm³/mol. The molecule has 3 aromatic rings. The van der Waals surface area contributed by atoms with Crippen molar-refractivity contribution in [3.05, 3.63) is 71.0 Å². The monoisotopic (exact) mass is 382 g/mol. The Bertz CT molecular complexity index is 962. The Morgan fingerprint density at radius 1 is 1.04 bits per heavy atom. The smallest absolute Gasteiger partial charge is 0.340 e. The largest absolute Gasteiger partial charge is 0.462 e. The number of ether oxygens (including phenoxy) is 1. The molecule has 0 aliphatic carbocycles. The van der Waals surface area contributed by atoms with Crippen LogP contribution in [0.1, 0.15) is 22.8 Å². The Kier molecular flexibility index (Phi) is 5.88. The summed E-state index contributed by atoms with van der Waals surface area (Å²) in [4.78, 5) is 20.6. The summed E-state index contributed by atoms with van der Waals surface area (Å²) in [6.45, 7) is 4.02. The molecule has 138 valence electrons. The van der Waals surface area contributed by atoms with Gasteiger partial charge in [-0.15, -0.1) is 0 Å². The maximum atomic E-state index is 12.1. The first kappa shape index (κ1) is 18.7. The fourth-order valence-electron chi connectivity index (χ4n) is 2.49. The summed E-state index contributed by atoms with van der Waals surface area (Å²) in [5.74, 6) is 0.762. The molecule has 0 amide bonds. The molecule has 2 aromatic carbocycles. The highest BCUT2D eigenvalue weighted by Gasteiger charge is 2.12. The van der Waals surface area contributed by atoms with Crippen LogP contribution < -0.4 is 10.6 Å². The Labute approximate surface area is 162 Å². The molecule has 1 heterocycles. The van der Waals surface area contributed by atoms with Crippen LogP contribution in [0, 0.1) is 6.92 Å². The van der Waals surface area contributed by atoms with Crippen LogP contribution in [0.2, 0.25) is 5.02 Å². The number of nitrogens with zero attached hydrogens (tertiary/aromatic N) is 2. The van der Waals surface area contributed by atoms with E-state index in [2.05, 4.69) is 20.6 Å². The molecular formula is C20H19ClN4O2. The molecule has 0 atom stereocenters. The number of halogens is 1. The van der Waals surface area contributed by atoms with Crippen LogP contribution in [-0.2, 0) is 4.74 Å². The van der Waals surface area contributed by atoms with Crippen molar-refractivity contribution in [3.63, 3.8) is 0 Å². The van der Waals surface area contributed by atoms with Gasteiger partial charge in [-0.2, -0.15) is 0 Å². The number of aromatic nitrogens is 2. The number of rotatable bonds is 6. The molecule has 0 aliphatic heterocycles. The van der Waals surface area contributed by atoms with E-state index in [1.54, 1.807) is 31.2 Å². The van der Waals surface area contributed by atoms with Crippen molar-refractivity contribution in [2.24, 2.45) is 0 Å². The van der Waals surface area contributed by atoms with E-state index in [1.165, 1.54) is 6.33 Å². The number of benzene rings is 2. The molecule has 6 nitrogen and oxygen atoms in total. The van der Waals surface area contributed by atoms with Gasteiger partial charge in [0.15, 0.2) is 0 Å². The Balaban J connectivity index is 1.83. The molecule has 0 fully saturated rings. The summed E-state index contributed by atoms with van der Waals surface area (Å²) in [6.07, 6.45) is 1.44. The molecule has 1 aromatic heterocycles. The molecule has 0 radical (unpaired) electrons. The fraction of sp³-hybridized carbons (Fsp3) is 0.150. The zero-order valence-corrected chi connectivity index (χ0v) is 15.7. The van der Waals surface area contributed by atoms with Gasteiger partial charge in [-0.1, -0.05) is 29.8 Å². The summed E-state index contributed by atoms with van der Waals surface area (Å²) in [6, 6.07) is 14.5. The highest BCUT2D eigenvalue weighted by molar-refractivity contribution is 6.31. The second-order valence-electron chi connectivity index (χ2n) is 5.72. The van der Waals surface area contributed by atoms with Crippen LogP contribution in [0.5, 0.6) is 0 Å². The number of carbonyl (C=O) groups is 1. The van der Waals surface area contributed by atoms with Gasteiger partial charge in [0, 0.05) is 16.8 Å². The Morgan fingerprint density at radius 2 is 1.70 bits per heavy atom. The van der Waals surface area contributed by atoms with Crippen LogP contribution in [0.15, 0.2) is 54.9 Å². The number of hydrogen-bond acceptors (Lipinski definition) is 6. The lowest BCUT2D eigenvalue weighted by molar-refractivity contribution is 0.0527. The minimum absolute atomic E-state index is 0.313. The zero-order chi connectivity index (χ0) is 19.2. The van der Waals surface area contributed by atoms with Crippen LogP contribution in [0.3, 0.4) is 0 Å². The summed E-state index contributed by atoms with van der Waals surface area (Å²) in [5.41, 5.74) is 2.84. The van der Waals surface area contributed by atoms with Gasteiger partial charge in [0.05, 0.1) is 17.9 Å². The van der Waals surface area contributed by atoms with Crippen molar-refractivity contribution in [3.8, 4) is 0 Å². The number of carbonyl (C=O) groups excluding carboxylic acids is 1. The SMILES string of the molecule is CCOC(=O)c1ccccc1Nc1cc(Nc2cccc(Cl)c2C)ncn1. The lowest BCUT2D eigenvalue weighted by atomic mass is 10.2. The first-order chi connectivity index (χ1) is 13.1. The van der Waals surface area contributed by atoms with E-state index in [1.807, 2.05) is 31.2 Å². The third-order valence-corrected chi connectivity index (χ3v) is 4.29. The number of hydrogen-bond donors (Lipinski definition) is 2. The van der Waals surface area contributed by atoms with E-state index in [0.717, 1.165) is 11.3 Å². The average molecular weight is 383 g/mol. The third-order valence-electron chi connectivity index (χ3n) is 3.88. The van der Waals surface area contributed by atoms with Crippen molar-refractivity contribution in [1.29, 1.82) is 0 Å². The van der Waals surface area contributed by atoms with E-state index in [-0.39, 0.29) is 5.97 Å². The van der Waals surface area contributed by atoms with Gasteiger partial charge in [-0.05, 0) is 43.7 Å². The molecule has 0 saturated carbocycles. The summed E-state index contributed by atoms with van der Waals surface area (Å²) < 4.78 is 5.10. The highest BCUT2D eigenvalue weighted by Crippen LogP contribution is 2.27. The van der Waals surface area contributed by atoms with Crippen LogP contribution in [-0.4, -0.2) is 22.5 Å². The maximum absolute atomic E-state index is 12.1. The molecule has 27 heavy (non-hydrogen) atoms. The number of anilines is 4. The van der Waals surface area contributed by atoms with Gasteiger partial charge in [-0.25, -0.2) is 14.8 Å². The lowest BCUT2D eigenvalue weighted by Crippen LogP contribution is -2.08. The van der Waals surface area contributed by atoms with Gasteiger partial charge in [0.1, 0.15) is 18.0 Å². The first-order valence-corrected chi connectivity index (χ1v) is 8.83. The van der Waals surface area contributed by atoms with Gasteiger partial charge < -0.3 is 15.4 Å². The predicted octanol–water partition coefficient (Wildman–Crippen LogP) is 5.10. The minimum Gasteiger partial charge on any atom is -0.462 e. The fourth-order valence-corrected chi connectivity index (χ4v) is 2.67. The first-order valence-electron chi connectivity index (χ1n) is 8.46.